The van der Waals surface area contributed by atoms with Gasteiger partial charge in [-0.3, -0.25) is 9.10 Å². The van der Waals surface area contributed by atoms with Crippen molar-refractivity contribution in [3.8, 4) is 0 Å². The van der Waals surface area contributed by atoms with Crippen molar-refractivity contribution in [3.63, 3.8) is 0 Å². The molecular formula is C15H23ClN2O3S. The Morgan fingerprint density at radius 1 is 1.36 bits per heavy atom. The Balaban J connectivity index is 2.92. The van der Waals surface area contributed by atoms with Crippen LogP contribution in [0, 0.1) is 12.8 Å². The summed E-state index contributed by atoms with van der Waals surface area (Å²) in [7, 11) is -3.58. The Bertz CT molecular complexity index is 630. The fourth-order valence-electron chi connectivity index (χ4n) is 1.92. The number of carbonyl (C=O) groups excluding carboxylic acids is 1. The van der Waals surface area contributed by atoms with Gasteiger partial charge in [0.05, 0.1) is 11.9 Å². The summed E-state index contributed by atoms with van der Waals surface area (Å²) in [6, 6.07) is 4.97. The molecule has 0 bridgehead atoms. The van der Waals surface area contributed by atoms with Crippen molar-refractivity contribution in [1.29, 1.82) is 0 Å². The minimum absolute atomic E-state index is 0.252. The molecule has 5 nitrogen and oxygen atoms in total. The first-order chi connectivity index (χ1) is 10.1. The molecule has 7 heteroatoms. The van der Waals surface area contributed by atoms with E-state index in [-0.39, 0.29) is 12.5 Å². The molecule has 0 heterocycles. The van der Waals surface area contributed by atoms with Crippen LogP contribution in [0.4, 0.5) is 5.69 Å². The third-order valence-corrected chi connectivity index (χ3v) is 4.53. The summed E-state index contributed by atoms with van der Waals surface area (Å²) in [6.45, 7) is 6.18. The molecule has 1 aromatic carbocycles. The summed E-state index contributed by atoms with van der Waals surface area (Å²) in [5.41, 5.74) is 1.17. The maximum atomic E-state index is 12.0. The third kappa shape index (κ3) is 5.85. The smallest absolute Gasteiger partial charge is 0.240 e. The molecule has 1 aromatic rings. The van der Waals surface area contributed by atoms with Gasteiger partial charge in [-0.25, -0.2) is 8.42 Å². The second-order valence-electron chi connectivity index (χ2n) is 5.73. The van der Waals surface area contributed by atoms with Crippen LogP contribution in [0.25, 0.3) is 0 Å². The second kappa shape index (κ2) is 7.83. The van der Waals surface area contributed by atoms with Gasteiger partial charge in [-0.2, -0.15) is 0 Å². The van der Waals surface area contributed by atoms with E-state index in [0.29, 0.717) is 23.2 Å². The fraction of sp³-hybridized carbons (Fsp3) is 0.533. The van der Waals surface area contributed by atoms with Gasteiger partial charge in [-0.15, -0.1) is 0 Å². The molecule has 0 atom stereocenters. The summed E-state index contributed by atoms with van der Waals surface area (Å²) in [5, 5.41) is 3.17. The summed E-state index contributed by atoms with van der Waals surface area (Å²) in [4.78, 5) is 12.0. The lowest BCUT2D eigenvalue weighted by atomic mass is 10.1. The highest BCUT2D eigenvalue weighted by Crippen LogP contribution is 2.26. The minimum Gasteiger partial charge on any atom is -0.355 e. The molecule has 0 aromatic heterocycles. The molecule has 1 amide bonds. The molecule has 0 saturated heterocycles. The third-order valence-electron chi connectivity index (χ3n) is 3.17. The number of nitrogens with one attached hydrogen (secondary N) is 1. The average molecular weight is 347 g/mol. The summed E-state index contributed by atoms with van der Waals surface area (Å²) in [5.74, 6) is 0.145. The highest BCUT2D eigenvalue weighted by Gasteiger charge is 2.22. The number of carbonyl (C=O) groups is 1. The van der Waals surface area contributed by atoms with Crippen LogP contribution >= 0.6 is 11.6 Å². The molecule has 0 unspecified atom stereocenters. The Kier molecular flexibility index (Phi) is 6.68. The minimum atomic E-state index is -3.58. The van der Waals surface area contributed by atoms with Crippen LogP contribution in [-0.2, 0) is 14.8 Å². The molecule has 124 valence electrons. The van der Waals surface area contributed by atoms with E-state index in [2.05, 4.69) is 19.2 Å². The lowest BCUT2D eigenvalue weighted by Gasteiger charge is -2.24. The monoisotopic (exact) mass is 346 g/mol. The van der Waals surface area contributed by atoms with E-state index in [0.717, 1.165) is 22.5 Å². The first kappa shape index (κ1) is 18.8. The molecule has 0 aliphatic rings. The van der Waals surface area contributed by atoms with Crippen molar-refractivity contribution in [2.24, 2.45) is 5.92 Å². The molecule has 0 aliphatic heterocycles. The van der Waals surface area contributed by atoms with E-state index in [1.165, 1.54) is 0 Å². The number of halogens is 1. The number of nitrogens with zero attached hydrogens (tertiary/aromatic N) is 1. The molecule has 0 saturated carbocycles. The van der Waals surface area contributed by atoms with Crippen molar-refractivity contribution in [2.45, 2.75) is 27.2 Å². The van der Waals surface area contributed by atoms with Gasteiger partial charge in [0.15, 0.2) is 0 Å². The second-order valence-corrected chi connectivity index (χ2v) is 8.08. The lowest BCUT2D eigenvalue weighted by molar-refractivity contribution is -0.119. The molecular weight excluding hydrogens is 324 g/mol. The lowest BCUT2D eigenvalue weighted by Crippen LogP contribution is -2.41. The molecule has 0 radical (unpaired) electrons. The van der Waals surface area contributed by atoms with Gasteiger partial charge >= 0.3 is 0 Å². The zero-order chi connectivity index (χ0) is 16.9. The molecule has 0 spiro atoms. The van der Waals surface area contributed by atoms with Gasteiger partial charge in [0, 0.05) is 11.6 Å². The van der Waals surface area contributed by atoms with Crippen molar-refractivity contribution in [2.75, 3.05) is 23.7 Å². The highest BCUT2D eigenvalue weighted by atomic mass is 35.5. The zero-order valence-electron chi connectivity index (χ0n) is 13.4. The Hall–Kier alpha value is -1.27. The zero-order valence-corrected chi connectivity index (χ0v) is 15.0. The molecule has 1 N–H and O–H groups in total. The van der Waals surface area contributed by atoms with E-state index in [1.807, 2.05) is 0 Å². The van der Waals surface area contributed by atoms with Gasteiger partial charge < -0.3 is 5.32 Å². The number of amides is 1. The maximum Gasteiger partial charge on any atom is 0.240 e. The van der Waals surface area contributed by atoms with Crippen LogP contribution in [-0.4, -0.2) is 33.7 Å². The number of sulfonamides is 1. The van der Waals surface area contributed by atoms with Crippen molar-refractivity contribution < 1.29 is 13.2 Å². The first-order valence-electron chi connectivity index (χ1n) is 7.12. The van der Waals surface area contributed by atoms with Crippen LogP contribution in [0.1, 0.15) is 25.8 Å². The van der Waals surface area contributed by atoms with Crippen molar-refractivity contribution in [1.82, 2.24) is 5.32 Å². The quantitative estimate of drug-likeness (QED) is 0.825. The van der Waals surface area contributed by atoms with E-state index < -0.39 is 10.0 Å². The predicted octanol–water partition coefficient (Wildman–Crippen LogP) is 2.58. The van der Waals surface area contributed by atoms with E-state index >= 15 is 0 Å². The van der Waals surface area contributed by atoms with E-state index in [9.17, 15) is 13.2 Å². The Morgan fingerprint density at radius 2 is 2.00 bits per heavy atom. The number of rotatable bonds is 7. The topological polar surface area (TPSA) is 66.5 Å². The number of anilines is 1. The SMILES string of the molecule is Cc1ccc(Cl)cc1N(CC(=O)NCCC(C)C)S(C)(=O)=O. The Labute approximate surface area is 137 Å². The van der Waals surface area contributed by atoms with Gasteiger partial charge in [0.1, 0.15) is 6.54 Å². The van der Waals surface area contributed by atoms with Crippen molar-refractivity contribution >= 4 is 33.2 Å². The number of hydrogen-bond acceptors (Lipinski definition) is 3. The molecule has 22 heavy (non-hydrogen) atoms. The summed E-state index contributed by atoms with van der Waals surface area (Å²) < 4.78 is 25.1. The van der Waals surface area contributed by atoms with Gasteiger partial charge in [-0.05, 0) is 37.0 Å². The van der Waals surface area contributed by atoms with Crippen LogP contribution in [0.2, 0.25) is 5.02 Å². The standard InChI is InChI=1S/C15H23ClN2O3S/c1-11(2)7-8-17-15(19)10-18(22(4,20)21)14-9-13(16)6-5-12(14)3/h5-6,9,11H,7-8,10H2,1-4H3,(H,17,19). The summed E-state index contributed by atoms with van der Waals surface area (Å²) >= 11 is 5.94. The van der Waals surface area contributed by atoms with Gasteiger partial charge in [-0.1, -0.05) is 31.5 Å². The fourth-order valence-corrected chi connectivity index (χ4v) is 2.99. The average Bonchev–Trinajstić information content (AvgIpc) is 2.37. The normalized spacial score (nSPS) is 11.5. The Morgan fingerprint density at radius 3 is 2.55 bits per heavy atom. The van der Waals surface area contributed by atoms with Crippen LogP contribution in [0.15, 0.2) is 18.2 Å². The van der Waals surface area contributed by atoms with Crippen LogP contribution in [0.5, 0.6) is 0 Å². The predicted molar refractivity (Wildman–Crippen MR) is 90.8 cm³/mol. The van der Waals surface area contributed by atoms with Crippen molar-refractivity contribution in [3.05, 3.63) is 28.8 Å². The highest BCUT2D eigenvalue weighted by molar-refractivity contribution is 7.92. The first-order valence-corrected chi connectivity index (χ1v) is 9.34. The number of aryl methyl sites for hydroxylation is 1. The van der Waals surface area contributed by atoms with Crippen LogP contribution in [0.3, 0.4) is 0 Å². The molecule has 0 fully saturated rings. The van der Waals surface area contributed by atoms with Gasteiger partial charge in [0.2, 0.25) is 15.9 Å². The molecule has 0 aliphatic carbocycles. The largest absolute Gasteiger partial charge is 0.355 e. The van der Waals surface area contributed by atoms with E-state index in [1.54, 1.807) is 25.1 Å². The van der Waals surface area contributed by atoms with Crippen LogP contribution < -0.4 is 9.62 Å². The summed E-state index contributed by atoms with van der Waals surface area (Å²) in [6.07, 6.45) is 1.93. The molecule has 1 rings (SSSR count). The van der Waals surface area contributed by atoms with Gasteiger partial charge in [0.25, 0.3) is 0 Å². The number of hydrogen-bond donors (Lipinski definition) is 1. The number of benzene rings is 1. The van der Waals surface area contributed by atoms with E-state index in [4.69, 9.17) is 11.6 Å². The maximum absolute atomic E-state index is 12.0.